The highest BCUT2D eigenvalue weighted by molar-refractivity contribution is 5.46. The lowest BCUT2D eigenvalue weighted by Gasteiger charge is -2.21. The number of nitrogens with one attached hydrogen (secondary N) is 1. The smallest absolute Gasteiger partial charge is 0.0364 e. The maximum Gasteiger partial charge on any atom is 0.0364 e. The van der Waals surface area contributed by atoms with E-state index in [2.05, 4.69) is 62.3 Å². The third-order valence-corrected chi connectivity index (χ3v) is 3.45. The average Bonchev–Trinajstić information content (AvgIpc) is 2.39. The number of benzene rings is 1. The summed E-state index contributed by atoms with van der Waals surface area (Å²) in [6, 6.07) is 9.51. The van der Waals surface area contributed by atoms with Gasteiger partial charge in [-0.05, 0) is 37.5 Å². The fraction of sp³-hybridized carbons (Fsp3) is 0.625. The van der Waals surface area contributed by atoms with Crippen LogP contribution in [0, 0.1) is 0 Å². The first-order chi connectivity index (χ1) is 8.67. The molecule has 102 valence electrons. The van der Waals surface area contributed by atoms with Crippen molar-refractivity contribution in [2.45, 2.75) is 46.1 Å². The number of aryl methyl sites for hydroxylation is 1. The number of hydrogen-bond acceptors (Lipinski definition) is 2. The van der Waals surface area contributed by atoms with E-state index in [1.807, 2.05) is 0 Å². The first kappa shape index (κ1) is 15.0. The molecule has 2 heteroatoms. The third kappa shape index (κ3) is 5.09. The topological polar surface area (TPSA) is 15.3 Å². The zero-order valence-electron chi connectivity index (χ0n) is 12.4. The van der Waals surface area contributed by atoms with Crippen LogP contribution in [0.15, 0.2) is 24.3 Å². The van der Waals surface area contributed by atoms with Crippen LogP contribution in [0.25, 0.3) is 0 Å². The van der Waals surface area contributed by atoms with Gasteiger partial charge in [0.1, 0.15) is 0 Å². The summed E-state index contributed by atoms with van der Waals surface area (Å²) in [5.41, 5.74) is 2.71. The number of likely N-dealkylation sites (N-methyl/N-ethyl adjacent to an activating group) is 1. The van der Waals surface area contributed by atoms with Gasteiger partial charge in [-0.15, -0.1) is 0 Å². The van der Waals surface area contributed by atoms with Gasteiger partial charge in [-0.3, -0.25) is 0 Å². The minimum atomic E-state index is 0.630. The van der Waals surface area contributed by atoms with Crippen molar-refractivity contribution >= 4 is 5.69 Å². The molecule has 0 aliphatic rings. The van der Waals surface area contributed by atoms with Gasteiger partial charge in [-0.1, -0.05) is 32.4 Å². The molecule has 0 amide bonds. The molecule has 0 spiro atoms. The molecule has 0 aromatic heterocycles. The molecule has 1 aromatic carbocycles. The molecular weight excluding hydrogens is 220 g/mol. The van der Waals surface area contributed by atoms with Gasteiger partial charge in [0.2, 0.25) is 0 Å². The van der Waals surface area contributed by atoms with Crippen LogP contribution in [0.1, 0.15) is 39.2 Å². The molecule has 0 heterocycles. The molecule has 1 rings (SSSR count). The van der Waals surface area contributed by atoms with Crippen LogP contribution >= 0.6 is 0 Å². The summed E-state index contributed by atoms with van der Waals surface area (Å²) in [4.78, 5) is 2.31. The highest BCUT2D eigenvalue weighted by atomic mass is 15.1. The average molecular weight is 248 g/mol. The van der Waals surface area contributed by atoms with E-state index < -0.39 is 0 Å². The van der Waals surface area contributed by atoms with Gasteiger partial charge in [-0.25, -0.2) is 0 Å². The summed E-state index contributed by atoms with van der Waals surface area (Å²) in [7, 11) is 2.16. The molecular formula is C16H28N2. The Morgan fingerprint density at radius 1 is 1.17 bits per heavy atom. The Kier molecular flexibility index (Phi) is 6.81. The second-order valence-electron chi connectivity index (χ2n) is 5.09. The van der Waals surface area contributed by atoms with E-state index in [0.717, 1.165) is 19.5 Å². The molecule has 0 saturated carbocycles. The van der Waals surface area contributed by atoms with Crippen molar-refractivity contribution < 1.29 is 0 Å². The summed E-state index contributed by atoms with van der Waals surface area (Å²) in [5.74, 6) is 0. The van der Waals surface area contributed by atoms with Gasteiger partial charge in [0.25, 0.3) is 0 Å². The Labute approximate surface area is 112 Å². The molecule has 0 aliphatic heterocycles. The Balaban J connectivity index is 2.33. The Bertz CT molecular complexity index is 318. The van der Waals surface area contributed by atoms with Crippen LogP contribution in [0.5, 0.6) is 0 Å². The number of anilines is 1. The predicted molar refractivity (Wildman–Crippen MR) is 81.5 cm³/mol. The monoisotopic (exact) mass is 248 g/mol. The fourth-order valence-corrected chi connectivity index (χ4v) is 2.13. The van der Waals surface area contributed by atoms with Crippen molar-refractivity contribution in [2.24, 2.45) is 0 Å². The molecule has 1 unspecified atom stereocenters. The van der Waals surface area contributed by atoms with Crippen molar-refractivity contribution in [3.8, 4) is 0 Å². The summed E-state index contributed by atoms with van der Waals surface area (Å²) in [5, 5.41) is 3.57. The van der Waals surface area contributed by atoms with E-state index in [9.17, 15) is 0 Å². The Morgan fingerprint density at radius 2 is 1.83 bits per heavy atom. The number of rotatable bonds is 8. The Hall–Kier alpha value is -1.02. The highest BCUT2D eigenvalue weighted by Crippen LogP contribution is 2.13. The van der Waals surface area contributed by atoms with Gasteiger partial charge < -0.3 is 10.2 Å². The molecule has 0 aliphatic carbocycles. The van der Waals surface area contributed by atoms with E-state index in [1.54, 1.807) is 0 Å². The second-order valence-corrected chi connectivity index (χ2v) is 5.09. The van der Waals surface area contributed by atoms with E-state index in [0.29, 0.717) is 6.04 Å². The molecule has 18 heavy (non-hydrogen) atoms. The van der Waals surface area contributed by atoms with E-state index in [-0.39, 0.29) is 0 Å². The largest absolute Gasteiger partial charge is 0.373 e. The van der Waals surface area contributed by atoms with Gasteiger partial charge in [0.05, 0.1) is 0 Å². The molecule has 0 bridgehead atoms. The quantitative estimate of drug-likeness (QED) is 0.758. The number of hydrogen-bond donors (Lipinski definition) is 1. The maximum atomic E-state index is 3.57. The third-order valence-electron chi connectivity index (χ3n) is 3.45. The number of nitrogens with zero attached hydrogens (tertiary/aromatic N) is 1. The van der Waals surface area contributed by atoms with Crippen LogP contribution in [0.2, 0.25) is 0 Å². The van der Waals surface area contributed by atoms with Crippen LogP contribution in [0.4, 0.5) is 5.69 Å². The van der Waals surface area contributed by atoms with Crippen molar-refractivity contribution in [3.63, 3.8) is 0 Å². The van der Waals surface area contributed by atoms with Crippen LogP contribution in [0.3, 0.4) is 0 Å². The van der Waals surface area contributed by atoms with Gasteiger partial charge in [0, 0.05) is 31.9 Å². The molecule has 1 N–H and O–H groups in total. The summed E-state index contributed by atoms with van der Waals surface area (Å²) < 4.78 is 0. The zero-order valence-corrected chi connectivity index (χ0v) is 12.4. The zero-order chi connectivity index (χ0) is 13.4. The lowest BCUT2D eigenvalue weighted by molar-refractivity contribution is 0.512. The van der Waals surface area contributed by atoms with Gasteiger partial charge in [-0.2, -0.15) is 0 Å². The van der Waals surface area contributed by atoms with Crippen LogP contribution in [-0.4, -0.2) is 26.2 Å². The predicted octanol–water partition coefficient (Wildman–Crippen LogP) is 3.46. The van der Waals surface area contributed by atoms with Crippen LogP contribution in [-0.2, 0) is 6.42 Å². The fourth-order valence-electron chi connectivity index (χ4n) is 2.13. The van der Waals surface area contributed by atoms with Crippen LogP contribution < -0.4 is 10.2 Å². The first-order valence-electron chi connectivity index (χ1n) is 7.20. The highest BCUT2D eigenvalue weighted by Gasteiger charge is 2.02. The minimum Gasteiger partial charge on any atom is -0.373 e. The second kappa shape index (κ2) is 8.15. The van der Waals surface area contributed by atoms with Crippen molar-refractivity contribution in [1.82, 2.24) is 5.32 Å². The summed E-state index contributed by atoms with van der Waals surface area (Å²) in [6.07, 6.45) is 3.62. The van der Waals surface area contributed by atoms with Gasteiger partial charge in [0.15, 0.2) is 0 Å². The molecule has 1 atom stereocenters. The molecule has 2 nitrogen and oxygen atoms in total. The van der Waals surface area contributed by atoms with Crippen molar-refractivity contribution in [1.29, 1.82) is 0 Å². The SMILES string of the molecule is CCCC(C)NCCN(C)c1ccc(CC)cc1. The molecule has 0 radical (unpaired) electrons. The summed E-state index contributed by atoms with van der Waals surface area (Å²) in [6.45, 7) is 8.80. The minimum absolute atomic E-state index is 0.630. The van der Waals surface area contributed by atoms with E-state index in [1.165, 1.54) is 24.1 Å². The Morgan fingerprint density at radius 3 is 2.39 bits per heavy atom. The normalized spacial score (nSPS) is 12.4. The first-order valence-corrected chi connectivity index (χ1v) is 7.20. The maximum absolute atomic E-state index is 3.57. The van der Waals surface area contributed by atoms with E-state index in [4.69, 9.17) is 0 Å². The van der Waals surface area contributed by atoms with Crippen molar-refractivity contribution in [3.05, 3.63) is 29.8 Å². The van der Waals surface area contributed by atoms with E-state index >= 15 is 0 Å². The lowest BCUT2D eigenvalue weighted by Crippen LogP contribution is -2.34. The lowest BCUT2D eigenvalue weighted by atomic mass is 10.1. The summed E-state index contributed by atoms with van der Waals surface area (Å²) >= 11 is 0. The van der Waals surface area contributed by atoms with Gasteiger partial charge >= 0.3 is 0 Å². The molecule has 0 fully saturated rings. The van der Waals surface area contributed by atoms with Crippen molar-refractivity contribution in [2.75, 3.05) is 25.0 Å². The molecule has 0 saturated heterocycles. The molecule has 1 aromatic rings. The standard InChI is InChI=1S/C16H28N2/c1-5-7-14(3)17-12-13-18(4)16-10-8-15(6-2)9-11-16/h8-11,14,17H,5-7,12-13H2,1-4H3.